The molecule has 2 N–H and O–H groups in total. The van der Waals surface area contributed by atoms with E-state index in [0.717, 1.165) is 25.7 Å². The van der Waals surface area contributed by atoms with E-state index in [4.69, 9.17) is 9.47 Å². The van der Waals surface area contributed by atoms with Crippen LogP contribution in [0, 0.1) is 5.92 Å². The van der Waals surface area contributed by atoms with E-state index in [0.29, 0.717) is 19.4 Å². The third-order valence-corrected chi connectivity index (χ3v) is 4.70. The minimum absolute atomic E-state index is 0.0197. The summed E-state index contributed by atoms with van der Waals surface area (Å²) in [5.74, 6) is -0.623. The van der Waals surface area contributed by atoms with Crippen LogP contribution in [0.1, 0.15) is 65.7 Å². The highest BCUT2D eigenvalue weighted by Gasteiger charge is 2.28. The predicted molar refractivity (Wildman–Crippen MR) is 101 cm³/mol. The van der Waals surface area contributed by atoms with Crippen LogP contribution in [0.4, 0.5) is 4.79 Å². The van der Waals surface area contributed by atoms with Gasteiger partial charge in [-0.25, -0.2) is 9.59 Å². The summed E-state index contributed by atoms with van der Waals surface area (Å²) in [6.45, 7) is 5.98. The first-order chi connectivity index (χ1) is 12.7. The summed E-state index contributed by atoms with van der Waals surface area (Å²) in [7, 11) is 0. The van der Waals surface area contributed by atoms with Gasteiger partial charge in [-0.3, -0.25) is 4.79 Å². The summed E-state index contributed by atoms with van der Waals surface area (Å²) in [5.41, 5.74) is -0.622. The summed E-state index contributed by atoms with van der Waals surface area (Å²) in [6.07, 6.45) is 8.65. The Bertz CT molecular complexity index is 561. The van der Waals surface area contributed by atoms with Crippen LogP contribution in [0.5, 0.6) is 0 Å². The Kier molecular flexibility index (Phi) is 7.68. The third kappa shape index (κ3) is 8.01. The SMILES string of the molecule is CC(C)(C)OC(=O)N[C@H](/C=C/C(=O)OC1CCCCC1)C[C@@H]1CCNC1=O. The molecule has 2 aliphatic rings. The number of esters is 1. The summed E-state index contributed by atoms with van der Waals surface area (Å²) >= 11 is 0. The zero-order chi connectivity index (χ0) is 19.9. The number of carbonyl (C=O) groups excluding carboxylic acids is 3. The third-order valence-electron chi connectivity index (χ3n) is 4.70. The highest BCUT2D eigenvalue weighted by Crippen LogP contribution is 2.21. The van der Waals surface area contributed by atoms with Crippen LogP contribution in [0.25, 0.3) is 0 Å². The minimum atomic E-state index is -0.622. The van der Waals surface area contributed by atoms with Crippen molar-refractivity contribution in [1.29, 1.82) is 0 Å². The molecule has 0 aromatic heterocycles. The van der Waals surface area contributed by atoms with Crippen LogP contribution < -0.4 is 10.6 Å². The molecule has 0 bridgehead atoms. The molecule has 0 aromatic carbocycles. The van der Waals surface area contributed by atoms with Gasteiger partial charge in [0.05, 0.1) is 6.04 Å². The normalized spacial score (nSPS) is 22.3. The Hall–Kier alpha value is -2.05. The average Bonchev–Trinajstić information content (AvgIpc) is 2.97. The summed E-state index contributed by atoms with van der Waals surface area (Å²) in [5, 5.41) is 5.53. The zero-order valence-electron chi connectivity index (χ0n) is 16.6. The van der Waals surface area contributed by atoms with E-state index in [1.54, 1.807) is 26.8 Å². The molecule has 27 heavy (non-hydrogen) atoms. The van der Waals surface area contributed by atoms with Crippen molar-refractivity contribution >= 4 is 18.0 Å². The van der Waals surface area contributed by atoms with E-state index in [2.05, 4.69) is 10.6 Å². The zero-order valence-corrected chi connectivity index (χ0v) is 16.6. The summed E-state index contributed by atoms with van der Waals surface area (Å²) < 4.78 is 10.8. The molecule has 0 unspecified atom stereocenters. The van der Waals surface area contributed by atoms with Gasteiger partial charge in [-0.2, -0.15) is 0 Å². The average molecular weight is 380 g/mol. The van der Waals surface area contributed by atoms with Gasteiger partial charge in [0.2, 0.25) is 5.91 Å². The highest BCUT2D eigenvalue weighted by molar-refractivity contribution is 5.83. The monoisotopic (exact) mass is 380 g/mol. The van der Waals surface area contributed by atoms with Gasteiger partial charge >= 0.3 is 12.1 Å². The standard InChI is InChI=1S/C20H32N2O5/c1-20(2,3)27-19(25)22-15(13-14-11-12-21-18(14)24)9-10-17(23)26-16-7-5-4-6-8-16/h9-10,14-16H,4-8,11-13H2,1-3H3,(H,21,24)(H,22,25)/b10-9+/t14-,15+/m0/s1. The summed E-state index contributed by atoms with van der Waals surface area (Å²) in [6, 6.07) is -0.479. The maximum absolute atomic E-state index is 12.1. The van der Waals surface area contributed by atoms with Crippen LogP contribution in [-0.4, -0.2) is 42.3 Å². The molecule has 0 aromatic rings. The van der Waals surface area contributed by atoms with Gasteiger partial charge in [0.15, 0.2) is 0 Å². The smallest absolute Gasteiger partial charge is 0.408 e. The number of hydrogen-bond donors (Lipinski definition) is 2. The van der Waals surface area contributed by atoms with Crippen molar-refractivity contribution in [2.24, 2.45) is 5.92 Å². The second-order valence-corrected chi connectivity index (χ2v) is 8.32. The number of nitrogens with one attached hydrogen (secondary N) is 2. The lowest BCUT2D eigenvalue weighted by Gasteiger charge is -2.23. The summed E-state index contributed by atoms with van der Waals surface area (Å²) in [4.78, 5) is 36.1. The molecule has 1 saturated heterocycles. The van der Waals surface area contributed by atoms with E-state index in [1.165, 1.54) is 12.5 Å². The lowest BCUT2D eigenvalue weighted by Crippen LogP contribution is -2.40. The molecule has 2 amide bonds. The van der Waals surface area contributed by atoms with E-state index < -0.39 is 23.7 Å². The first kappa shape index (κ1) is 21.3. The molecular formula is C20H32N2O5. The second kappa shape index (κ2) is 9.76. The Morgan fingerprint density at radius 1 is 1.22 bits per heavy atom. The highest BCUT2D eigenvalue weighted by atomic mass is 16.6. The molecule has 2 atom stereocenters. The Morgan fingerprint density at radius 3 is 2.52 bits per heavy atom. The predicted octanol–water partition coefficient (Wildman–Crippen LogP) is 2.84. The molecular weight excluding hydrogens is 348 g/mol. The number of ether oxygens (including phenoxy) is 2. The quantitative estimate of drug-likeness (QED) is 0.546. The van der Waals surface area contributed by atoms with Gasteiger partial charge in [-0.15, -0.1) is 0 Å². The topological polar surface area (TPSA) is 93.7 Å². The fourth-order valence-electron chi connectivity index (χ4n) is 3.40. The molecule has 1 aliphatic heterocycles. The van der Waals surface area contributed by atoms with Crippen molar-refractivity contribution in [2.75, 3.05) is 6.54 Å². The van der Waals surface area contributed by atoms with Crippen molar-refractivity contribution < 1.29 is 23.9 Å². The molecule has 152 valence electrons. The molecule has 0 spiro atoms. The van der Waals surface area contributed by atoms with Gasteiger partial charge in [0.25, 0.3) is 0 Å². The maximum atomic E-state index is 12.1. The number of amides is 2. The van der Waals surface area contributed by atoms with E-state index >= 15 is 0 Å². The van der Waals surface area contributed by atoms with Crippen LogP contribution >= 0.6 is 0 Å². The molecule has 1 heterocycles. The van der Waals surface area contributed by atoms with Gasteiger partial charge in [-0.05, 0) is 59.3 Å². The largest absolute Gasteiger partial charge is 0.459 e. The van der Waals surface area contributed by atoms with Crippen molar-refractivity contribution in [3.05, 3.63) is 12.2 Å². The molecule has 0 radical (unpaired) electrons. The number of alkyl carbamates (subject to hydrolysis) is 1. The van der Waals surface area contributed by atoms with Crippen molar-refractivity contribution in [3.63, 3.8) is 0 Å². The first-order valence-electron chi connectivity index (χ1n) is 9.89. The molecule has 1 saturated carbocycles. The van der Waals surface area contributed by atoms with E-state index in [9.17, 15) is 14.4 Å². The Balaban J connectivity index is 1.93. The second-order valence-electron chi connectivity index (χ2n) is 8.32. The Labute approximate surface area is 161 Å². The van der Waals surface area contributed by atoms with Crippen molar-refractivity contribution in [1.82, 2.24) is 10.6 Å². The number of carbonyl (C=O) groups is 3. The fraction of sp³-hybridized carbons (Fsp3) is 0.750. The maximum Gasteiger partial charge on any atom is 0.408 e. The fourth-order valence-corrected chi connectivity index (χ4v) is 3.40. The lowest BCUT2D eigenvalue weighted by molar-refractivity contribution is -0.144. The molecule has 1 aliphatic carbocycles. The Morgan fingerprint density at radius 2 is 1.93 bits per heavy atom. The molecule has 7 nitrogen and oxygen atoms in total. The number of hydrogen-bond acceptors (Lipinski definition) is 5. The van der Waals surface area contributed by atoms with Gasteiger partial charge in [-0.1, -0.05) is 12.5 Å². The van der Waals surface area contributed by atoms with E-state index in [-0.39, 0.29) is 17.9 Å². The van der Waals surface area contributed by atoms with Crippen molar-refractivity contribution in [2.45, 2.75) is 83.5 Å². The van der Waals surface area contributed by atoms with Crippen LogP contribution in [0.15, 0.2) is 12.2 Å². The molecule has 2 rings (SSSR count). The van der Waals surface area contributed by atoms with Gasteiger partial charge < -0.3 is 20.1 Å². The van der Waals surface area contributed by atoms with Gasteiger partial charge in [0.1, 0.15) is 11.7 Å². The van der Waals surface area contributed by atoms with Crippen molar-refractivity contribution in [3.8, 4) is 0 Å². The van der Waals surface area contributed by atoms with E-state index in [1.807, 2.05) is 0 Å². The van der Waals surface area contributed by atoms with Gasteiger partial charge in [0, 0.05) is 18.5 Å². The van der Waals surface area contributed by atoms with Crippen LogP contribution in [0.3, 0.4) is 0 Å². The number of rotatable bonds is 6. The lowest BCUT2D eigenvalue weighted by atomic mass is 9.97. The molecule has 2 fully saturated rings. The first-order valence-corrected chi connectivity index (χ1v) is 9.89. The van der Waals surface area contributed by atoms with Crippen LogP contribution in [-0.2, 0) is 19.1 Å². The minimum Gasteiger partial charge on any atom is -0.459 e. The van der Waals surface area contributed by atoms with Crippen LogP contribution in [0.2, 0.25) is 0 Å². The molecule has 7 heteroatoms.